The maximum Gasteiger partial charge on any atom is 0.340 e. The number of ether oxygens (including phenoxy) is 1. The molecular weight excluding hydrogens is 274 g/mol. The molecule has 2 rings (SSSR count). The van der Waals surface area contributed by atoms with Crippen molar-refractivity contribution < 1.29 is 9.53 Å². The van der Waals surface area contributed by atoms with E-state index in [2.05, 4.69) is 10.3 Å². The number of nitrogens with zero attached hydrogens (tertiary/aromatic N) is 1. The molecule has 0 aliphatic carbocycles. The first-order chi connectivity index (χ1) is 9.61. The maximum atomic E-state index is 11.9. The van der Waals surface area contributed by atoms with Gasteiger partial charge in [0.2, 0.25) is 0 Å². The number of anilines is 2. The number of hydrogen-bond donors (Lipinski definition) is 2. The lowest BCUT2D eigenvalue weighted by molar-refractivity contribution is 0.0527. The first-order valence-corrected chi connectivity index (χ1v) is 7.20. The summed E-state index contributed by atoms with van der Waals surface area (Å²) >= 11 is 1.57. The molecule has 0 radical (unpaired) electrons. The summed E-state index contributed by atoms with van der Waals surface area (Å²) in [6.45, 7) is 4.58. The van der Waals surface area contributed by atoms with Crippen LogP contribution in [0.2, 0.25) is 0 Å². The minimum absolute atomic E-state index is 0.332. The van der Waals surface area contributed by atoms with Gasteiger partial charge in [0.05, 0.1) is 30.1 Å². The van der Waals surface area contributed by atoms with E-state index >= 15 is 0 Å². The van der Waals surface area contributed by atoms with Crippen molar-refractivity contribution in [3.05, 3.63) is 39.8 Å². The summed E-state index contributed by atoms with van der Waals surface area (Å²) < 4.78 is 5.03. The minimum atomic E-state index is -0.377. The van der Waals surface area contributed by atoms with Gasteiger partial charge in [0.1, 0.15) is 5.01 Å². The van der Waals surface area contributed by atoms with Crippen molar-refractivity contribution in [1.82, 2.24) is 4.98 Å². The van der Waals surface area contributed by atoms with Crippen LogP contribution >= 0.6 is 11.3 Å². The molecule has 0 spiro atoms. The third-order valence-corrected chi connectivity index (χ3v) is 3.64. The van der Waals surface area contributed by atoms with E-state index in [0.29, 0.717) is 30.1 Å². The van der Waals surface area contributed by atoms with Crippen molar-refractivity contribution in [2.75, 3.05) is 17.7 Å². The zero-order valence-electron chi connectivity index (χ0n) is 11.5. The number of rotatable bonds is 5. The molecule has 5 nitrogen and oxygen atoms in total. The largest absolute Gasteiger partial charge is 0.462 e. The fourth-order valence-corrected chi connectivity index (χ4v) is 2.51. The zero-order valence-corrected chi connectivity index (χ0v) is 12.3. The molecule has 1 heterocycles. The third-order valence-electron chi connectivity index (χ3n) is 2.67. The van der Waals surface area contributed by atoms with E-state index in [1.54, 1.807) is 36.5 Å². The van der Waals surface area contributed by atoms with Crippen LogP contribution in [0.25, 0.3) is 0 Å². The van der Waals surface area contributed by atoms with Crippen LogP contribution < -0.4 is 11.1 Å². The Hall–Kier alpha value is -2.08. The normalized spacial score (nSPS) is 10.3. The van der Waals surface area contributed by atoms with Crippen LogP contribution in [-0.2, 0) is 11.3 Å². The molecule has 0 aliphatic rings. The third kappa shape index (κ3) is 3.27. The van der Waals surface area contributed by atoms with E-state index < -0.39 is 0 Å². The van der Waals surface area contributed by atoms with Gasteiger partial charge in [-0.3, -0.25) is 0 Å². The summed E-state index contributed by atoms with van der Waals surface area (Å²) in [7, 11) is 0. The monoisotopic (exact) mass is 291 g/mol. The summed E-state index contributed by atoms with van der Waals surface area (Å²) in [4.78, 5) is 16.3. The number of thiazole rings is 1. The molecule has 106 valence electrons. The molecule has 1 aromatic heterocycles. The number of aryl methyl sites for hydroxylation is 1. The van der Waals surface area contributed by atoms with E-state index in [1.165, 1.54) is 0 Å². The number of nitrogens with two attached hydrogens (primary N) is 1. The zero-order chi connectivity index (χ0) is 14.5. The highest BCUT2D eigenvalue weighted by Gasteiger charge is 2.14. The number of aromatic nitrogens is 1. The molecule has 6 heteroatoms. The highest BCUT2D eigenvalue weighted by atomic mass is 32.1. The van der Waals surface area contributed by atoms with Crippen LogP contribution in [0.3, 0.4) is 0 Å². The molecule has 20 heavy (non-hydrogen) atoms. The van der Waals surface area contributed by atoms with Gasteiger partial charge in [0.25, 0.3) is 0 Å². The van der Waals surface area contributed by atoms with E-state index in [4.69, 9.17) is 10.5 Å². The van der Waals surface area contributed by atoms with Crippen LogP contribution in [0.4, 0.5) is 11.4 Å². The smallest absolute Gasteiger partial charge is 0.340 e. The van der Waals surface area contributed by atoms with Gasteiger partial charge in [0, 0.05) is 11.1 Å². The number of para-hydroxylation sites is 1. The number of nitrogens with one attached hydrogen (secondary N) is 1. The fraction of sp³-hybridized carbons (Fsp3) is 0.286. The van der Waals surface area contributed by atoms with Gasteiger partial charge in [-0.25, -0.2) is 9.78 Å². The van der Waals surface area contributed by atoms with Crippen LogP contribution in [0.1, 0.15) is 28.0 Å². The molecule has 2 aromatic rings. The summed E-state index contributed by atoms with van der Waals surface area (Å²) in [6.07, 6.45) is 0. The Bertz CT molecular complexity index is 610. The van der Waals surface area contributed by atoms with Crippen molar-refractivity contribution in [3.8, 4) is 0 Å². The average molecular weight is 291 g/mol. The number of nitrogen functional groups attached to an aromatic ring is 1. The van der Waals surface area contributed by atoms with Gasteiger partial charge >= 0.3 is 5.97 Å². The highest BCUT2D eigenvalue weighted by molar-refractivity contribution is 7.09. The molecule has 0 saturated heterocycles. The summed E-state index contributed by atoms with van der Waals surface area (Å²) in [6, 6.07) is 5.18. The summed E-state index contributed by atoms with van der Waals surface area (Å²) in [5.41, 5.74) is 8.48. The van der Waals surface area contributed by atoms with Crippen LogP contribution in [0.5, 0.6) is 0 Å². The first kappa shape index (κ1) is 14.3. The Morgan fingerprint density at radius 3 is 2.95 bits per heavy atom. The number of carbonyl (C=O) groups excluding carboxylic acids is 1. The van der Waals surface area contributed by atoms with Crippen molar-refractivity contribution in [2.45, 2.75) is 20.4 Å². The number of esters is 1. The van der Waals surface area contributed by atoms with Gasteiger partial charge in [-0.15, -0.1) is 11.3 Å². The molecule has 0 fully saturated rings. The quantitative estimate of drug-likeness (QED) is 0.654. The number of carbonyl (C=O) groups is 1. The Labute approximate surface area is 121 Å². The SMILES string of the molecule is CCOC(=O)c1cccc(N)c1NCc1nc(C)cs1. The molecule has 0 amide bonds. The predicted molar refractivity (Wildman–Crippen MR) is 81.0 cm³/mol. The fourth-order valence-electron chi connectivity index (χ4n) is 1.79. The number of hydrogen-bond acceptors (Lipinski definition) is 6. The van der Waals surface area contributed by atoms with Crippen molar-refractivity contribution >= 4 is 28.7 Å². The summed E-state index contributed by atoms with van der Waals surface area (Å²) in [5.74, 6) is -0.377. The highest BCUT2D eigenvalue weighted by Crippen LogP contribution is 2.25. The molecular formula is C14H17N3O2S. The minimum Gasteiger partial charge on any atom is -0.462 e. The Kier molecular flexibility index (Phi) is 4.57. The van der Waals surface area contributed by atoms with E-state index in [9.17, 15) is 4.79 Å². The molecule has 0 bridgehead atoms. The van der Waals surface area contributed by atoms with Gasteiger partial charge < -0.3 is 15.8 Å². The van der Waals surface area contributed by atoms with Gasteiger partial charge in [-0.2, -0.15) is 0 Å². The van der Waals surface area contributed by atoms with Gasteiger partial charge in [-0.1, -0.05) is 6.07 Å². The predicted octanol–water partition coefficient (Wildman–Crippen LogP) is 2.82. The second-order valence-electron chi connectivity index (χ2n) is 4.23. The maximum absolute atomic E-state index is 11.9. The van der Waals surface area contributed by atoms with E-state index in [0.717, 1.165) is 10.7 Å². The average Bonchev–Trinajstić information content (AvgIpc) is 2.83. The molecule has 0 saturated carbocycles. The Morgan fingerprint density at radius 2 is 2.30 bits per heavy atom. The Balaban J connectivity index is 2.19. The molecule has 3 N–H and O–H groups in total. The topological polar surface area (TPSA) is 77.2 Å². The molecule has 0 atom stereocenters. The lowest BCUT2D eigenvalue weighted by Crippen LogP contribution is -2.11. The van der Waals surface area contributed by atoms with Crippen molar-refractivity contribution in [3.63, 3.8) is 0 Å². The molecule has 0 unspecified atom stereocenters. The number of benzene rings is 1. The molecule has 0 aliphatic heterocycles. The van der Waals surface area contributed by atoms with Gasteiger partial charge in [0.15, 0.2) is 0 Å². The van der Waals surface area contributed by atoms with E-state index in [-0.39, 0.29) is 5.97 Å². The van der Waals surface area contributed by atoms with E-state index in [1.807, 2.05) is 12.3 Å². The van der Waals surface area contributed by atoms with Crippen molar-refractivity contribution in [1.29, 1.82) is 0 Å². The van der Waals surface area contributed by atoms with Crippen LogP contribution in [-0.4, -0.2) is 17.6 Å². The van der Waals surface area contributed by atoms with Crippen LogP contribution in [0, 0.1) is 6.92 Å². The Morgan fingerprint density at radius 1 is 1.50 bits per heavy atom. The second kappa shape index (κ2) is 6.38. The van der Waals surface area contributed by atoms with Gasteiger partial charge in [-0.05, 0) is 26.0 Å². The molecule has 1 aromatic carbocycles. The standard InChI is InChI=1S/C14H17N3O2S/c1-3-19-14(18)10-5-4-6-11(15)13(10)16-7-12-17-9(2)8-20-12/h4-6,8,16H,3,7,15H2,1-2H3. The lowest BCUT2D eigenvalue weighted by atomic mass is 10.1. The first-order valence-electron chi connectivity index (χ1n) is 6.32. The van der Waals surface area contributed by atoms with Crippen molar-refractivity contribution in [2.24, 2.45) is 0 Å². The lowest BCUT2D eigenvalue weighted by Gasteiger charge is -2.12. The summed E-state index contributed by atoms with van der Waals surface area (Å²) in [5, 5.41) is 6.10. The van der Waals surface area contributed by atoms with Crippen LogP contribution in [0.15, 0.2) is 23.6 Å². The second-order valence-corrected chi connectivity index (χ2v) is 5.17.